The highest BCUT2D eigenvalue weighted by Crippen LogP contribution is 2.31. The number of primary amides is 1. The zero-order valence-electron chi connectivity index (χ0n) is 19.8. The second-order valence-electron chi connectivity index (χ2n) is 9.45. The quantitative estimate of drug-likeness (QED) is 0.271. The lowest BCUT2D eigenvalue weighted by molar-refractivity contribution is -0.144. The molecule has 2 unspecified atom stereocenters. The summed E-state index contributed by atoms with van der Waals surface area (Å²) in [6.07, 6.45) is 6.54. The minimum Gasteiger partial charge on any atom is -0.466 e. The second-order valence-corrected chi connectivity index (χ2v) is 10.7. The Balaban J connectivity index is 1.74. The van der Waals surface area contributed by atoms with Gasteiger partial charge in [0.1, 0.15) is 6.04 Å². The van der Waals surface area contributed by atoms with Crippen LogP contribution in [0.2, 0.25) is 0 Å². The lowest BCUT2D eigenvalue weighted by Gasteiger charge is -2.27. The first kappa shape index (κ1) is 27.3. The van der Waals surface area contributed by atoms with Crippen molar-refractivity contribution in [3.05, 3.63) is 0 Å². The first-order valence-corrected chi connectivity index (χ1v) is 12.9. The number of hydroxylamine groups is 2. The molecule has 0 aromatic carbocycles. The van der Waals surface area contributed by atoms with Crippen molar-refractivity contribution in [3.8, 4) is 0 Å². The van der Waals surface area contributed by atoms with E-state index >= 15 is 0 Å². The lowest BCUT2D eigenvalue weighted by Crippen LogP contribution is -2.47. The summed E-state index contributed by atoms with van der Waals surface area (Å²) in [6.45, 7) is 5.97. The number of rotatable bonds is 15. The summed E-state index contributed by atoms with van der Waals surface area (Å²) in [5.41, 5.74) is 4.66. The number of amides is 3. The molecule has 0 spiro atoms. The van der Waals surface area contributed by atoms with Gasteiger partial charge in [-0.3, -0.25) is 9.59 Å². The molecule has 2 fully saturated rings. The third-order valence-electron chi connectivity index (χ3n) is 5.93. The summed E-state index contributed by atoms with van der Waals surface area (Å²) in [7, 11) is -4.53. The average molecular weight is 492 g/mol. The van der Waals surface area contributed by atoms with Gasteiger partial charge in [0.25, 0.3) is 0 Å². The summed E-state index contributed by atoms with van der Waals surface area (Å²) in [4.78, 5) is 37.1. The van der Waals surface area contributed by atoms with Crippen LogP contribution in [0.4, 0.5) is 4.79 Å². The summed E-state index contributed by atoms with van der Waals surface area (Å²) in [6, 6.07) is -2.01. The Morgan fingerprint density at radius 3 is 2.52 bits per heavy atom. The Morgan fingerprint density at radius 2 is 1.85 bits per heavy atom. The van der Waals surface area contributed by atoms with Crippen molar-refractivity contribution in [1.82, 2.24) is 9.96 Å². The van der Waals surface area contributed by atoms with Crippen molar-refractivity contribution in [2.75, 3.05) is 19.8 Å². The van der Waals surface area contributed by atoms with Gasteiger partial charge in [-0.05, 0) is 31.1 Å². The van der Waals surface area contributed by atoms with Crippen LogP contribution in [-0.2, 0) is 33.2 Å². The van der Waals surface area contributed by atoms with Gasteiger partial charge < -0.3 is 15.4 Å². The summed E-state index contributed by atoms with van der Waals surface area (Å²) < 4.78 is 39.8. The van der Waals surface area contributed by atoms with Gasteiger partial charge in [0.2, 0.25) is 5.91 Å². The molecular weight excluding hydrogens is 454 g/mol. The van der Waals surface area contributed by atoms with Gasteiger partial charge in [0.05, 0.1) is 19.3 Å². The number of hydrogen-bond donors (Lipinski definition) is 1. The fourth-order valence-corrected chi connectivity index (χ4v) is 4.74. The smallest absolute Gasteiger partial charge is 0.421 e. The van der Waals surface area contributed by atoms with Gasteiger partial charge in [-0.25, -0.2) is 8.98 Å². The molecule has 2 atom stereocenters. The molecule has 0 radical (unpaired) electrons. The maximum absolute atomic E-state index is 12.5. The largest absolute Gasteiger partial charge is 0.466 e. The van der Waals surface area contributed by atoms with E-state index in [4.69, 9.17) is 18.9 Å². The van der Waals surface area contributed by atoms with E-state index < -0.39 is 39.8 Å². The Labute approximate surface area is 196 Å². The maximum Gasteiger partial charge on any atom is 0.421 e. The van der Waals surface area contributed by atoms with Crippen LogP contribution < -0.4 is 5.73 Å². The van der Waals surface area contributed by atoms with Gasteiger partial charge >= 0.3 is 22.4 Å². The van der Waals surface area contributed by atoms with E-state index in [9.17, 15) is 22.8 Å². The fourth-order valence-electron chi connectivity index (χ4n) is 3.85. The summed E-state index contributed by atoms with van der Waals surface area (Å²) in [5, 5.41) is 0.739. The molecule has 2 N–H and O–H groups in total. The standard InChI is InChI=1S/C21H37N3O8S/c1-4-5-6-7-8-13-30-18(25)11-12-21(2,3)15-31-33(28,29)32-24-16-9-10-17(19(22)26)23(14-16)20(24)27/h16-17H,4-15H2,1-3H3,(H2,22,26). The number of hydrogen-bond acceptors (Lipinski definition) is 8. The van der Waals surface area contributed by atoms with E-state index in [1.807, 2.05) is 0 Å². The second kappa shape index (κ2) is 12.0. The minimum atomic E-state index is -4.53. The number of nitrogens with zero attached hydrogens (tertiary/aromatic N) is 2. The molecule has 190 valence electrons. The zero-order chi connectivity index (χ0) is 24.6. The third kappa shape index (κ3) is 8.42. The molecule has 2 heterocycles. The average Bonchev–Trinajstić information content (AvgIpc) is 2.97. The number of carbonyl (C=O) groups is 3. The number of esters is 1. The first-order valence-electron chi connectivity index (χ1n) is 11.6. The van der Waals surface area contributed by atoms with Crippen LogP contribution in [-0.4, -0.2) is 68.1 Å². The van der Waals surface area contributed by atoms with E-state index in [0.717, 1.165) is 30.7 Å². The maximum atomic E-state index is 12.5. The summed E-state index contributed by atoms with van der Waals surface area (Å²) >= 11 is 0. The molecule has 0 saturated carbocycles. The monoisotopic (exact) mass is 491 g/mol. The molecule has 0 aromatic heterocycles. The van der Waals surface area contributed by atoms with E-state index in [1.54, 1.807) is 13.8 Å². The van der Waals surface area contributed by atoms with E-state index in [1.165, 1.54) is 11.3 Å². The summed E-state index contributed by atoms with van der Waals surface area (Å²) in [5.74, 6) is -0.967. The van der Waals surface area contributed by atoms with E-state index in [0.29, 0.717) is 25.9 Å². The van der Waals surface area contributed by atoms with Crippen LogP contribution in [0, 0.1) is 5.41 Å². The number of nitrogens with two attached hydrogens (primary N) is 1. The molecule has 0 aromatic rings. The van der Waals surface area contributed by atoms with Crippen LogP contribution in [0.15, 0.2) is 0 Å². The highest BCUT2D eigenvalue weighted by Gasteiger charge is 2.49. The van der Waals surface area contributed by atoms with Gasteiger partial charge in [-0.1, -0.05) is 46.5 Å². The fraction of sp³-hybridized carbons (Fsp3) is 0.857. The molecular formula is C21H37N3O8S. The van der Waals surface area contributed by atoms with Gasteiger partial charge in [0.15, 0.2) is 0 Å². The minimum absolute atomic E-state index is 0.141. The van der Waals surface area contributed by atoms with Crippen LogP contribution in [0.3, 0.4) is 0 Å². The highest BCUT2D eigenvalue weighted by molar-refractivity contribution is 7.81. The van der Waals surface area contributed by atoms with Crippen molar-refractivity contribution in [2.24, 2.45) is 11.1 Å². The molecule has 2 saturated heterocycles. The molecule has 3 amide bonds. The predicted octanol–water partition coefficient (Wildman–Crippen LogP) is 2.25. The molecule has 2 bridgehead atoms. The number of carbonyl (C=O) groups excluding carboxylic acids is 3. The molecule has 0 aliphatic carbocycles. The highest BCUT2D eigenvalue weighted by atomic mass is 32.3. The van der Waals surface area contributed by atoms with E-state index in [2.05, 4.69) is 6.92 Å². The molecule has 11 nitrogen and oxygen atoms in total. The Bertz CT molecular complexity index is 801. The molecule has 2 aliphatic heterocycles. The van der Waals surface area contributed by atoms with Gasteiger partial charge in [0, 0.05) is 13.0 Å². The molecule has 12 heteroatoms. The topological polar surface area (TPSA) is 146 Å². The van der Waals surface area contributed by atoms with Gasteiger partial charge in [-0.2, -0.15) is 13.5 Å². The Morgan fingerprint density at radius 1 is 1.15 bits per heavy atom. The first-order chi connectivity index (χ1) is 15.5. The number of urea groups is 1. The van der Waals surface area contributed by atoms with E-state index in [-0.39, 0.29) is 25.5 Å². The normalized spacial score (nSPS) is 20.9. The van der Waals surface area contributed by atoms with Crippen LogP contribution in [0.1, 0.15) is 78.6 Å². The van der Waals surface area contributed by atoms with Gasteiger partial charge in [-0.15, -0.1) is 4.28 Å². The number of ether oxygens (including phenoxy) is 1. The SMILES string of the molecule is CCCCCCCOC(=O)CCC(C)(C)COS(=O)(=O)ON1C(=O)N2CC1CCC2C(N)=O. The Hall–Kier alpha value is -1.92. The molecule has 2 aliphatic rings. The Kier molecular flexibility index (Phi) is 9.92. The number of fused-ring (bicyclic) bond motifs is 2. The van der Waals surface area contributed by atoms with Crippen LogP contribution >= 0.6 is 0 Å². The van der Waals surface area contributed by atoms with Crippen molar-refractivity contribution in [2.45, 2.75) is 90.6 Å². The van der Waals surface area contributed by atoms with Crippen LogP contribution in [0.25, 0.3) is 0 Å². The van der Waals surface area contributed by atoms with Crippen molar-refractivity contribution < 1.29 is 36.0 Å². The molecule has 2 rings (SSSR count). The van der Waals surface area contributed by atoms with Crippen LogP contribution in [0.5, 0.6) is 0 Å². The number of unbranched alkanes of at least 4 members (excludes halogenated alkanes) is 4. The van der Waals surface area contributed by atoms with Crippen molar-refractivity contribution >= 4 is 28.3 Å². The third-order valence-corrected chi connectivity index (χ3v) is 6.68. The molecule has 33 heavy (non-hydrogen) atoms. The number of piperidine rings is 1. The predicted molar refractivity (Wildman–Crippen MR) is 119 cm³/mol. The zero-order valence-corrected chi connectivity index (χ0v) is 20.6. The van der Waals surface area contributed by atoms with Crippen molar-refractivity contribution in [3.63, 3.8) is 0 Å². The van der Waals surface area contributed by atoms with Crippen molar-refractivity contribution in [1.29, 1.82) is 0 Å². The lowest BCUT2D eigenvalue weighted by atomic mass is 9.89.